The van der Waals surface area contributed by atoms with Crippen LogP contribution in [0.25, 0.3) is 11.3 Å². The Labute approximate surface area is 599 Å². The smallest absolute Gasteiger partial charge is 0.278 e. The summed E-state index contributed by atoms with van der Waals surface area (Å²) in [5.74, 6) is -15.7. The van der Waals surface area contributed by atoms with E-state index in [0.717, 1.165) is 6.92 Å². The van der Waals surface area contributed by atoms with Crippen LogP contribution in [0.5, 0.6) is 0 Å². The topological polar surface area (TPSA) is 506 Å². The van der Waals surface area contributed by atoms with Gasteiger partial charge in [0, 0.05) is 66.5 Å². The molecule has 102 heavy (non-hydrogen) atoms. The molecule has 2 aromatic carbocycles. The molecule has 33 nitrogen and oxygen atoms in total. The second-order valence-corrected chi connectivity index (χ2v) is 28.6. The first-order valence-corrected chi connectivity index (χ1v) is 37.2. The molecule has 3 aromatic rings. The minimum atomic E-state index is -4.58. The Morgan fingerprint density at radius 3 is 1.85 bits per heavy atom. The van der Waals surface area contributed by atoms with Gasteiger partial charge in [-0.2, -0.15) is 16.8 Å². The molecular weight excluding hydrogens is 1390 g/mol. The summed E-state index contributed by atoms with van der Waals surface area (Å²) in [6, 6.07) is 7.03. The van der Waals surface area contributed by atoms with Crippen LogP contribution in [0, 0.1) is 23.7 Å². The van der Waals surface area contributed by atoms with Crippen molar-refractivity contribution in [2.45, 2.75) is 140 Å². The van der Waals surface area contributed by atoms with Crippen molar-refractivity contribution in [1.29, 1.82) is 0 Å². The Kier molecular flexibility index (Phi) is 37.3. The number of hydrogen-bond acceptors (Lipinski definition) is 23. The van der Waals surface area contributed by atoms with Gasteiger partial charge < -0.3 is 79.3 Å². The molecule has 0 unspecified atom stereocenters. The predicted octanol–water partition coefficient (Wildman–Crippen LogP) is -2.20. The molecular formula is C66H99ClN14O19S2. The first-order valence-electron chi connectivity index (χ1n) is 33.6. The zero-order chi connectivity index (χ0) is 75.7. The number of pyridine rings is 1. The highest BCUT2D eigenvalue weighted by Crippen LogP contribution is 2.24. The van der Waals surface area contributed by atoms with Gasteiger partial charge in [0.25, 0.3) is 20.2 Å². The van der Waals surface area contributed by atoms with Crippen LogP contribution in [0.2, 0.25) is 5.02 Å². The van der Waals surface area contributed by atoms with Crippen LogP contribution in [0.15, 0.2) is 72.9 Å². The third-order valence-corrected chi connectivity index (χ3v) is 17.8. The first kappa shape index (κ1) is 86.6. The number of halogens is 1. The largest absolute Gasteiger partial charge is 0.394 e. The number of carbonyl (C=O) groups is 11. The van der Waals surface area contributed by atoms with E-state index in [9.17, 15) is 88.9 Å². The quantitative estimate of drug-likeness (QED) is 0.0167. The molecule has 2 heterocycles. The highest BCUT2D eigenvalue weighted by atomic mass is 35.5. The normalized spacial score (nSPS) is 20.8. The Morgan fingerprint density at radius 1 is 0.667 bits per heavy atom. The lowest BCUT2D eigenvalue weighted by molar-refractivity contribution is -0.136. The average molecular weight is 1490 g/mol. The summed E-state index contributed by atoms with van der Waals surface area (Å²) in [5.41, 5.74) is 1.66. The molecule has 36 heteroatoms. The number of nitrogens with zero attached hydrogens (tertiary/aromatic N) is 1. The van der Waals surface area contributed by atoms with Gasteiger partial charge in [-0.15, -0.1) is 0 Å². The maximum absolute atomic E-state index is 14.9. The van der Waals surface area contributed by atoms with Gasteiger partial charge in [-0.25, -0.2) is 0 Å². The molecule has 0 saturated carbocycles. The molecule has 1 aromatic heterocycles. The fraction of sp³-hybridized carbons (Fsp3) is 0.576. The summed E-state index contributed by atoms with van der Waals surface area (Å²) in [4.78, 5) is 163. The van der Waals surface area contributed by atoms with Crippen LogP contribution in [0.3, 0.4) is 0 Å². The third-order valence-electron chi connectivity index (χ3n) is 16.4. The Bertz CT molecular complexity index is 3540. The second-order valence-electron chi connectivity index (χ2n) is 25.3. The fourth-order valence-corrected chi connectivity index (χ4v) is 12.0. The van der Waals surface area contributed by atoms with Gasteiger partial charge in [-0.1, -0.05) is 74.8 Å². The van der Waals surface area contributed by atoms with Crippen molar-refractivity contribution < 1.29 is 88.9 Å². The predicted molar refractivity (Wildman–Crippen MR) is 377 cm³/mol. The number of aliphatic hydroxyl groups is 2. The van der Waals surface area contributed by atoms with E-state index in [1.807, 2.05) is 0 Å². The van der Waals surface area contributed by atoms with E-state index >= 15 is 0 Å². The summed E-state index contributed by atoms with van der Waals surface area (Å²) in [7, 11) is -6.09. The maximum atomic E-state index is 14.9. The van der Waals surface area contributed by atoms with Gasteiger partial charge in [0.1, 0.15) is 48.0 Å². The highest BCUT2D eigenvalue weighted by molar-refractivity contribution is 7.85. The van der Waals surface area contributed by atoms with E-state index in [1.54, 1.807) is 82.4 Å². The summed E-state index contributed by atoms with van der Waals surface area (Å²) in [6.45, 7) is 4.81. The number of aromatic nitrogens is 1. The van der Waals surface area contributed by atoms with Crippen molar-refractivity contribution in [3.63, 3.8) is 0 Å². The van der Waals surface area contributed by atoms with Crippen LogP contribution in [-0.2, 0) is 74.6 Å². The van der Waals surface area contributed by atoms with E-state index in [2.05, 4.69) is 74.1 Å². The summed E-state index contributed by atoms with van der Waals surface area (Å²) in [6.07, 6.45) is -3.38. The Balaban J connectivity index is 1.76. The van der Waals surface area contributed by atoms with Crippen LogP contribution < -0.4 is 69.1 Å². The van der Waals surface area contributed by atoms with Crippen LogP contribution >= 0.6 is 11.6 Å². The molecule has 0 bridgehead atoms. The van der Waals surface area contributed by atoms with Crippen molar-refractivity contribution >= 4 is 96.4 Å². The number of hydrogen-bond donors (Lipinski definition) is 17. The van der Waals surface area contributed by atoms with Crippen molar-refractivity contribution in [3.8, 4) is 11.3 Å². The molecule has 4 rings (SSSR count). The molecule has 1 fully saturated rings. The lowest BCUT2D eigenvalue weighted by atomic mass is 9.88. The average Bonchev–Trinajstić information content (AvgIpc) is 0.895. The summed E-state index contributed by atoms with van der Waals surface area (Å²) in [5, 5.41) is 56.4. The number of Topliss-reactive ketones (excluding diaryl/α,β-unsaturated/α-hetero) is 3. The van der Waals surface area contributed by atoms with Crippen molar-refractivity contribution in [3.05, 3.63) is 89.1 Å². The third kappa shape index (κ3) is 31.4. The maximum Gasteiger partial charge on any atom is 0.278 e. The lowest BCUT2D eigenvalue weighted by Gasteiger charge is -2.28. The second kappa shape index (κ2) is 44.0. The Morgan fingerprint density at radius 2 is 1.26 bits per heavy atom. The van der Waals surface area contributed by atoms with E-state index in [0.29, 0.717) is 28.4 Å². The van der Waals surface area contributed by atoms with Crippen molar-refractivity contribution in [2.75, 3.05) is 78.3 Å². The van der Waals surface area contributed by atoms with Gasteiger partial charge in [0.15, 0.2) is 17.3 Å². The van der Waals surface area contributed by atoms with Crippen molar-refractivity contribution in [1.82, 2.24) is 74.1 Å². The minimum Gasteiger partial charge on any atom is -0.394 e. The molecule has 1 aliphatic rings. The number of amides is 8. The molecule has 1 saturated heterocycles. The first-order chi connectivity index (χ1) is 48.3. The molecule has 8 amide bonds. The number of nitrogens with one attached hydrogen (secondary N) is 13. The van der Waals surface area contributed by atoms with Gasteiger partial charge in [-0.3, -0.25) is 66.8 Å². The summed E-state index contributed by atoms with van der Waals surface area (Å²) < 4.78 is 65.0. The molecule has 1 aliphatic heterocycles. The monoisotopic (exact) mass is 1490 g/mol. The standard InChI is InChI=1S/C66H99ClN14O19S2/c1-7-70-24-19-49-62(90)78-50(20-25-72-38-102(98,99)100)65(93)81-58(40(4)83)66(94)74-27-21-51(63(91)77-48(18-22-68-5)64(92)79-53(29-41-12-9-8-10-13-41)56(85)33-45(28-39(2)3)60(88)75-49)76-61(89)46(35-69-6)34-57(86)54(36-82)80-59(87)44(16-23-71-37-101(95,96)97)32-55(84)43-17-26-73-52(31-43)42-14-11-15-47(67)30-42/h8-15,17,26,30-31,39-40,44-46,48-51,53-54,58,68-72,82-83H,7,16,18-25,27-29,32-38H2,1-6H3,(H,74,94)(H,75,88)(H,76,89)(H,77,91)(H,78,90)(H,79,92)(H,80,87)(H,81,93)(H,95,96,97)(H,98,99,100)/t40-,44-,45-,46+,48+,49+,50+,51+,53-,54+,58+/m1/s1. The van der Waals surface area contributed by atoms with E-state index in [1.165, 1.54) is 25.4 Å². The van der Waals surface area contributed by atoms with Crippen LogP contribution in [0.4, 0.5) is 0 Å². The van der Waals surface area contributed by atoms with Gasteiger partial charge in [-0.05, 0) is 134 Å². The molecule has 11 atom stereocenters. The number of benzene rings is 2. The number of aliphatic hydroxyl groups excluding tert-OH is 2. The zero-order valence-corrected chi connectivity index (χ0v) is 60.4. The highest BCUT2D eigenvalue weighted by Gasteiger charge is 2.38. The molecule has 566 valence electrons. The van der Waals surface area contributed by atoms with E-state index in [-0.39, 0.29) is 76.3 Å². The molecule has 17 N–H and O–H groups in total. The van der Waals surface area contributed by atoms with E-state index in [4.69, 9.17) is 11.6 Å². The van der Waals surface area contributed by atoms with Gasteiger partial charge >= 0.3 is 0 Å². The SMILES string of the molecule is CCNCC[C@@H]1NC(=O)[C@H](CC(C)C)CC(=O)[C@@H](Cc2ccccc2)NC(=O)[C@H](CCNC)NC(=O)[C@@H](NC(=O)[C@H](CNC)CC(=O)[C@H](CO)NC(=O)[C@H](CCNCS(=O)(=O)O)CC(=O)c2ccnc(-c3cccc(Cl)c3)c2)CCNC(=O)[C@H]([C@@H](C)O)NC(=O)[C@H](CCNCS(=O)(=O)O)NC1=O. The minimum absolute atomic E-state index is 0.0593. The van der Waals surface area contributed by atoms with E-state index < -0.39 is 208 Å². The summed E-state index contributed by atoms with van der Waals surface area (Å²) >= 11 is 6.19. The van der Waals surface area contributed by atoms with Crippen molar-refractivity contribution in [2.24, 2.45) is 23.7 Å². The number of rotatable bonds is 36. The molecule has 0 spiro atoms. The molecule has 0 aliphatic carbocycles. The zero-order valence-electron chi connectivity index (χ0n) is 58.1. The van der Waals surface area contributed by atoms with Crippen LogP contribution in [0.1, 0.15) is 101 Å². The lowest BCUT2D eigenvalue weighted by Crippen LogP contribution is -2.60. The van der Waals surface area contributed by atoms with Crippen LogP contribution in [-0.4, -0.2) is 232 Å². The van der Waals surface area contributed by atoms with Gasteiger partial charge in [0.05, 0.1) is 30.4 Å². The van der Waals surface area contributed by atoms with Gasteiger partial charge in [0.2, 0.25) is 47.3 Å². The number of carbonyl (C=O) groups excluding carboxylic acids is 11. The fourth-order valence-electron chi connectivity index (χ4n) is 11.0. The number of ketones is 3. The molecule has 0 radical (unpaired) electrons. The Hall–Kier alpha value is -7.81.